The maximum absolute atomic E-state index is 14.5. The number of carbonyl (C=O) groups is 1. The van der Waals surface area contributed by atoms with Gasteiger partial charge in [-0.25, -0.2) is 18.2 Å². The Balaban J connectivity index is 1.52. The number of amides is 1. The summed E-state index contributed by atoms with van der Waals surface area (Å²) in [6.45, 7) is 5.37. The van der Waals surface area contributed by atoms with Crippen molar-refractivity contribution in [2.45, 2.75) is 70.9 Å². The van der Waals surface area contributed by atoms with Crippen LogP contribution in [0.1, 0.15) is 67.0 Å². The molecule has 2 fully saturated rings. The highest BCUT2D eigenvalue weighted by Crippen LogP contribution is 2.46. The first-order chi connectivity index (χ1) is 17.6. The van der Waals surface area contributed by atoms with Crippen molar-refractivity contribution in [1.82, 2.24) is 14.7 Å². The minimum Gasteiger partial charge on any atom is -0.361 e. The fourth-order valence-corrected chi connectivity index (χ4v) is 5.92. The molecule has 0 unspecified atom stereocenters. The van der Waals surface area contributed by atoms with Crippen molar-refractivity contribution >= 4 is 22.6 Å². The number of alkyl halides is 2. The SMILES string of the molecule is Cc1ccc(N2C(=O)CC[C@H]2c2nc3cc(-c4c(C)noc4C)ccc3n2[C@@H]2CCC(F)(F)C2)cc1F. The lowest BCUT2D eigenvalue weighted by Crippen LogP contribution is -2.30. The van der Waals surface area contributed by atoms with E-state index in [0.717, 1.165) is 22.3 Å². The van der Waals surface area contributed by atoms with E-state index in [9.17, 15) is 18.0 Å². The molecule has 2 atom stereocenters. The van der Waals surface area contributed by atoms with Crippen molar-refractivity contribution in [1.29, 1.82) is 0 Å². The first-order valence-electron chi connectivity index (χ1n) is 12.5. The Kier molecular flexibility index (Phi) is 5.43. The molecule has 37 heavy (non-hydrogen) atoms. The van der Waals surface area contributed by atoms with E-state index in [2.05, 4.69) is 5.16 Å². The molecule has 9 heteroatoms. The van der Waals surface area contributed by atoms with Gasteiger partial charge in [0.15, 0.2) is 0 Å². The van der Waals surface area contributed by atoms with Gasteiger partial charge in [0.2, 0.25) is 11.8 Å². The second kappa shape index (κ2) is 8.46. The Hall–Kier alpha value is -3.62. The third-order valence-corrected chi connectivity index (χ3v) is 7.73. The minimum atomic E-state index is -2.75. The number of fused-ring (bicyclic) bond motifs is 1. The smallest absolute Gasteiger partial charge is 0.250 e. The highest BCUT2D eigenvalue weighted by atomic mass is 19.3. The number of hydrogen-bond acceptors (Lipinski definition) is 4. The highest BCUT2D eigenvalue weighted by molar-refractivity contribution is 5.96. The first kappa shape index (κ1) is 23.8. The van der Waals surface area contributed by atoms with Gasteiger partial charge in [-0.3, -0.25) is 4.79 Å². The molecule has 2 aromatic carbocycles. The fourth-order valence-electron chi connectivity index (χ4n) is 5.92. The lowest BCUT2D eigenvalue weighted by atomic mass is 10.0. The van der Waals surface area contributed by atoms with Crippen molar-refractivity contribution in [3.63, 3.8) is 0 Å². The molecule has 192 valence electrons. The molecule has 0 spiro atoms. The molecule has 1 aliphatic carbocycles. The van der Waals surface area contributed by atoms with Crippen molar-refractivity contribution < 1.29 is 22.5 Å². The summed E-state index contributed by atoms with van der Waals surface area (Å²) in [5, 5.41) is 4.04. The van der Waals surface area contributed by atoms with Gasteiger partial charge in [-0.05, 0) is 69.0 Å². The first-order valence-corrected chi connectivity index (χ1v) is 12.5. The van der Waals surface area contributed by atoms with Crippen LogP contribution in [0, 0.1) is 26.6 Å². The van der Waals surface area contributed by atoms with E-state index in [0.29, 0.717) is 41.2 Å². The summed E-state index contributed by atoms with van der Waals surface area (Å²) in [4.78, 5) is 19.5. The number of halogens is 3. The molecule has 1 amide bonds. The molecule has 0 radical (unpaired) electrons. The number of hydrogen-bond donors (Lipinski definition) is 0. The summed E-state index contributed by atoms with van der Waals surface area (Å²) in [5.41, 5.74) is 4.82. The quantitative estimate of drug-likeness (QED) is 0.298. The maximum atomic E-state index is 14.5. The Labute approximate surface area is 212 Å². The van der Waals surface area contributed by atoms with Crippen LogP contribution in [0.5, 0.6) is 0 Å². The average molecular weight is 509 g/mol. The lowest BCUT2D eigenvalue weighted by molar-refractivity contribution is -0.117. The number of imidazole rings is 1. The molecule has 2 aromatic heterocycles. The Morgan fingerprint density at radius 2 is 1.89 bits per heavy atom. The van der Waals surface area contributed by atoms with Gasteiger partial charge >= 0.3 is 0 Å². The van der Waals surface area contributed by atoms with Crippen molar-refractivity contribution in [3.8, 4) is 11.1 Å². The van der Waals surface area contributed by atoms with Crippen LogP contribution in [0.2, 0.25) is 0 Å². The zero-order chi connectivity index (χ0) is 26.1. The van der Waals surface area contributed by atoms with Crippen molar-refractivity contribution in [3.05, 3.63) is 65.1 Å². The Morgan fingerprint density at radius 1 is 1.08 bits per heavy atom. The predicted molar refractivity (Wildman–Crippen MR) is 133 cm³/mol. The van der Waals surface area contributed by atoms with Gasteiger partial charge in [-0.15, -0.1) is 0 Å². The molecule has 3 heterocycles. The third kappa shape index (κ3) is 3.91. The van der Waals surface area contributed by atoms with Gasteiger partial charge in [0.25, 0.3) is 0 Å². The Bertz CT molecular complexity index is 1520. The molecule has 2 aliphatic rings. The van der Waals surface area contributed by atoms with E-state index in [1.54, 1.807) is 24.0 Å². The highest BCUT2D eigenvalue weighted by Gasteiger charge is 2.44. The number of benzene rings is 2. The van der Waals surface area contributed by atoms with Crippen LogP contribution >= 0.6 is 0 Å². The molecule has 1 saturated heterocycles. The summed E-state index contributed by atoms with van der Waals surface area (Å²) in [5.74, 6) is -2.05. The van der Waals surface area contributed by atoms with Crippen LogP contribution < -0.4 is 4.90 Å². The van der Waals surface area contributed by atoms with Crippen molar-refractivity contribution in [2.24, 2.45) is 0 Å². The average Bonchev–Trinajstić information content (AvgIpc) is 3.59. The van der Waals surface area contributed by atoms with Crippen molar-refractivity contribution in [2.75, 3.05) is 4.90 Å². The number of nitrogens with zero attached hydrogens (tertiary/aromatic N) is 4. The number of aromatic nitrogens is 3. The molecular weight excluding hydrogens is 481 g/mol. The lowest BCUT2D eigenvalue weighted by Gasteiger charge is -2.27. The normalized spacial score (nSPS) is 21.5. The van der Waals surface area contributed by atoms with Gasteiger partial charge in [0.05, 0.1) is 22.8 Å². The zero-order valence-electron chi connectivity index (χ0n) is 20.9. The fraction of sp³-hybridized carbons (Fsp3) is 0.393. The molecule has 1 saturated carbocycles. The number of carbonyl (C=O) groups excluding carboxylic acids is 1. The molecular formula is C28H27F3N4O2. The van der Waals surface area contributed by atoms with Crippen LogP contribution in [0.15, 0.2) is 40.9 Å². The monoisotopic (exact) mass is 508 g/mol. The van der Waals surface area contributed by atoms with Gasteiger partial charge in [-0.1, -0.05) is 17.3 Å². The Morgan fingerprint density at radius 3 is 2.57 bits per heavy atom. The number of aryl methyl sites for hydroxylation is 3. The van der Waals surface area contributed by atoms with Gasteiger partial charge < -0.3 is 14.0 Å². The zero-order valence-corrected chi connectivity index (χ0v) is 20.9. The predicted octanol–water partition coefficient (Wildman–Crippen LogP) is 6.98. The molecule has 1 aliphatic heterocycles. The molecule has 0 bridgehead atoms. The summed E-state index contributed by atoms with van der Waals surface area (Å²) in [6, 6.07) is 9.53. The summed E-state index contributed by atoms with van der Waals surface area (Å²) < 4.78 is 50.4. The molecule has 6 rings (SSSR count). The van der Waals surface area contributed by atoms with Gasteiger partial charge in [-0.2, -0.15) is 0 Å². The van der Waals surface area contributed by atoms with Crippen LogP contribution in [0.3, 0.4) is 0 Å². The topological polar surface area (TPSA) is 64.2 Å². The standard InChI is InChI=1S/C28H27F3N4O2/c1-15-4-6-19(13-21(15)29)34-24(8-9-25(34)36)27-32-22-12-18(26-16(2)33-37-17(26)3)5-7-23(22)35(27)20-10-11-28(30,31)14-20/h4-7,12-13,20,24H,8-11,14H2,1-3H3/t20-,24+/m1/s1. The summed E-state index contributed by atoms with van der Waals surface area (Å²) in [7, 11) is 0. The van der Waals surface area contributed by atoms with Crippen LogP contribution in [0.4, 0.5) is 18.9 Å². The van der Waals surface area contributed by atoms with Crippen LogP contribution in [0.25, 0.3) is 22.2 Å². The van der Waals surface area contributed by atoms with E-state index in [4.69, 9.17) is 9.51 Å². The maximum Gasteiger partial charge on any atom is 0.250 e. The van der Waals surface area contributed by atoms with E-state index < -0.39 is 23.8 Å². The molecule has 0 N–H and O–H groups in total. The number of rotatable bonds is 4. The van der Waals surface area contributed by atoms with Crippen LogP contribution in [-0.2, 0) is 4.79 Å². The van der Waals surface area contributed by atoms with Gasteiger partial charge in [0, 0.05) is 36.6 Å². The molecule has 6 nitrogen and oxygen atoms in total. The number of anilines is 1. The largest absolute Gasteiger partial charge is 0.361 e. The second-order valence-corrected chi connectivity index (χ2v) is 10.2. The minimum absolute atomic E-state index is 0.139. The summed E-state index contributed by atoms with van der Waals surface area (Å²) >= 11 is 0. The van der Waals surface area contributed by atoms with Crippen LogP contribution in [-0.4, -0.2) is 26.5 Å². The second-order valence-electron chi connectivity index (χ2n) is 10.2. The van der Waals surface area contributed by atoms with E-state index in [-0.39, 0.29) is 25.2 Å². The van der Waals surface area contributed by atoms with Gasteiger partial charge in [0.1, 0.15) is 17.4 Å². The summed E-state index contributed by atoms with van der Waals surface area (Å²) in [6.07, 6.45) is 0.588. The van der Waals surface area contributed by atoms with E-state index >= 15 is 0 Å². The third-order valence-electron chi connectivity index (χ3n) is 7.73. The van der Waals surface area contributed by atoms with E-state index in [1.165, 1.54) is 6.07 Å². The van der Waals surface area contributed by atoms with E-state index in [1.807, 2.05) is 36.6 Å². The molecule has 4 aromatic rings.